The summed E-state index contributed by atoms with van der Waals surface area (Å²) in [6, 6.07) is 3.91. The summed E-state index contributed by atoms with van der Waals surface area (Å²) in [7, 11) is 1.00. The minimum atomic E-state index is -3.27. The van der Waals surface area contributed by atoms with E-state index in [1.807, 2.05) is 20.8 Å². The lowest BCUT2D eigenvalue weighted by atomic mass is 9.81. The number of carbonyl (C=O) groups excluding carboxylic acids is 1. The van der Waals surface area contributed by atoms with Gasteiger partial charge in [0.15, 0.2) is 0 Å². The van der Waals surface area contributed by atoms with E-state index in [1.165, 1.54) is 60.7 Å². The van der Waals surface area contributed by atoms with Gasteiger partial charge in [-0.25, -0.2) is 8.78 Å². The molecule has 0 bridgehead atoms. The molecule has 0 spiro atoms. The molecule has 266 valence electrons. The number of ether oxygens (including phenoxy) is 2. The molecule has 1 heterocycles. The zero-order valence-electron chi connectivity index (χ0n) is 28.5. The summed E-state index contributed by atoms with van der Waals surface area (Å²) in [4.78, 5) is 13.7. The Morgan fingerprint density at radius 1 is 1.11 bits per heavy atom. The van der Waals surface area contributed by atoms with Gasteiger partial charge >= 0.3 is 0 Å². The fraction of sp³-hybridized carbons (Fsp3) is 0.639. The second-order valence-electron chi connectivity index (χ2n) is 11.9. The maximum Gasteiger partial charge on any atom is 0.282 e. The van der Waals surface area contributed by atoms with Gasteiger partial charge < -0.3 is 25.2 Å². The van der Waals surface area contributed by atoms with Gasteiger partial charge in [0, 0.05) is 43.0 Å². The zero-order valence-corrected chi connectivity index (χ0v) is 30.1. The van der Waals surface area contributed by atoms with Crippen molar-refractivity contribution in [2.45, 2.75) is 108 Å². The van der Waals surface area contributed by atoms with E-state index in [4.69, 9.17) is 37.1 Å². The number of nitrogens with zero attached hydrogens (tertiary/aromatic N) is 1. The minimum Gasteiger partial charge on any atom is -0.492 e. The van der Waals surface area contributed by atoms with Gasteiger partial charge in [-0.1, -0.05) is 75.0 Å². The van der Waals surface area contributed by atoms with Crippen LogP contribution < -0.4 is 15.6 Å². The van der Waals surface area contributed by atoms with Crippen LogP contribution in [-0.4, -0.2) is 60.1 Å². The van der Waals surface area contributed by atoms with E-state index in [1.54, 1.807) is 0 Å². The van der Waals surface area contributed by atoms with Gasteiger partial charge in [-0.15, -0.1) is 0 Å². The van der Waals surface area contributed by atoms with Crippen LogP contribution in [0.4, 0.5) is 8.78 Å². The van der Waals surface area contributed by atoms with Crippen LogP contribution >= 0.6 is 23.5 Å². The van der Waals surface area contributed by atoms with Gasteiger partial charge in [0.05, 0.1) is 24.2 Å². The predicted octanol–water partition coefficient (Wildman–Crippen LogP) is 8.15. The molecule has 0 radical (unpaired) electrons. The van der Waals surface area contributed by atoms with Crippen LogP contribution in [-0.2, 0) is 15.5 Å². The lowest BCUT2D eigenvalue weighted by Crippen LogP contribution is -2.44. The van der Waals surface area contributed by atoms with E-state index < -0.39 is 18.3 Å². The number of piperidine rings is 1. The van der Waals surface area contributed by atoms with E-state index in [0.29, 0.717) is 55.7 Å². The highest BCUT2D eigenvalue weighted by Gasteiger charge is 2.37. The number of hydrogen-bond donors (Lipinski definition) is 3. The van der Waals surface area contributed by atoms with Gasteiger partial charge in [-0.3, -0.25) is 9.93 Å². The standard InChI is InChI=1S/C18H25ClF2N2O2.C15H21NOS.C2H6.CH4O/c1-2-3-10-25-16-11-13(4-5-15(16)19)18(20,21)12-17(24)23-8-6-14(22)7-9-23;16-18-15-8-6-11-9-14(7-5-12(11)10-15)17-13-3-1-2-4-13;2*1-2/h4-5,11,14H,2-3,6-10,12,22H2,1H3;5-9,11-13,15H,1-4,10,16H2;1-2H3;2H,1H3. The average Bonchev–Trinajstić information content (AvgIpc) is 3.60. The molecule has 1 aromatic rings. The van der Waals surface area contributed by atoms with Crippen molar-refractivity contribution in [1.82, 2.24) is 4.90 Å². The Morgan fingerprint density at radius 3 is 2.43 bits per heavy atom. The van der Waals surface area contributed by atoms with Crippen LogP contribution in [0.1, 0.15) is 90.5 Å². The van der Waals surface area contributed by atoms with Crippen molar-refractivity contribution in [2.75, 3.05) is 26.8 Å². The number of unbranched alkanes of at least 4 members (excludes halogenated alkanes) is 1. The van der Waals surface area contributed by atoms with Crippen molar-refractivity contribution in [3.8, 4) is 5.75 Å². The van der Waals surface area contributed by atoms with Crippen LogP contribution in [0.15, 0.2) is 54.3 Å². The molecule has 11 heteroatoms. The number of fused-ring (bicyclic) bond motifs is 1. The topological polar surface area (TPSA) is 111 Å². The summed E-state index contributed by atoms with van der Waals surface area (Å²) in [5.74, 6) is -1.41. The highest BCUT2D eigenvalue weighted by Crippen LogP contribution is 2.38. The molecule has 1 amide bonds. The van der Waals surface area contributed by atoms with Gasteiger partial charge in [-0.2, -0.15) is 0 Å². The Labute approximate surface area is 290 Å². The number of allylic oxidation sites excluding steroid dienone is 4. The SMILES string of the molecule is CC.CCCCOc1cc(C(F)(F)CC(=O)N2CCC(N)CC2)ccc1Cl.CO.NSC1C=CC2C=C(OC3CCCC3)C=CC2C1. The third-order valence-corrected chi connectivity index (χ3v) is 9.58. The molecule has 3 unspecified atom stereocenters. The van der Waals surface area contributed by atoms with Crippen LogP contribution in [0.25, 0.3) is 0 Å². The van der Waals surface area contributed by atoms with Gasteiger partial charge in [0.1, 0.15) is 11.5 Å². The molecule has 4 aliphatic rings. The number of halogens is 3. The number of nitrogens with two attached hydrogens (primary N) is 2. The number of benzene rings is 1. The summed E-state index contributed by atoms with van der Waals surface area (Å²) < 4.78 is 40.7. The third-order valence-electron chi connectivity index (χ3n) is 8.57. The summed E-state index contributed by atoms with van der Waals surface area (Å²) >= 11 is 7.47. The number of alkyl halides is 2. The molecule has 3 atom stereocenters. The van der Waals surface area contributed by atoms with Gasteiger partial charge in [-0.05, 0) is 81.6 Å². The molecule has 1 saturated heterocycles. The summed E-state index contributed by atoms with van der Waals surface area (Å²) in [6.45, 7) is 7.29. The van der Waals surface area contributed by atoms with E-state index in [2.05, 4.69) is 30.4 Å². The Kier molecular flexibility index (Phi) is 19.0. The van der Waals surface area contributed by atoms with Crippen LogP contribution in [0.5, 0.6) is 5.75 Å². The van der Waals surface area contributed by atoms with Crippen LogP contribution in [0.2, 0.25) is 5.02 Å². The van der Waals surface area contributed by atoms with Gasteiger partial charge in [0.2, 0.25) is 5.91 Å². The lowest BCUT2D eigenvalue weighted by Gasteiger charge is -2.31. The van der Waals surface area contributed by atoms with E-state index >= 15 is 0 Å². The summed E-state index contributed by atoms with van der Waals surface area (Å²) in [6.07, 6.45) is 20.2. The summed E-state index contributed by atoms with van der Waals surface area (Å²) in [5, 5.41) is 13.4. The van der Waals surface area contributed by atoms with Crippen molar-refractivity contribution < 1.29 is 28.2 Å². The van der Waals surface area contributed by atoms with Crippen molar-refractivity contribution in [2.24, 2.45) is 22.7 Å². The van der Waals surface area contributed by atoms with Crippen LogP contribution in [0.3, 0.4) is 0 Å². The molecule has 7 nitrogen and oxygen atoms in total. The highest BCUT2D eigenvalue weighted by molar-refractivity contribution is 7.97. The number of aliphatic hydroxyl groups excluding tert-OH is 1. The first-order valence-corrected chi connectivity index (χ1v) is 18.4. The Balaban J connectivity index is 0.000000307. The normalized spacial score (nSPS) is 22.4. The largest absolute Gasteiger partial charge is 0.492 e. The van der Waals surface area contributed by atoms with E-state index in [-0.39, 0.29) is 22.4 Å². The van der Waals surface area contributed by atoms with Crippen LogP contribution in [0, 0.1) is 11.8 Å². The maximum absolute atomic E-state index is 14.6. The van der Waals surface area contributed by atoms with Crippen molar-refractivity contribution in [3.05, 3.63) is 64.9 Å². The van der Waals surface area contributed by atoms with Crippen molar-refractivity contribution in [1.29, 1.82) is 0 Å². The number of carbonyl (C=O) groups is 1. The van der Waals surface area contributed by atoms with E-state index in [0.717, 1.165) is 32.1 Å². The first-order valence-electron chi connectivity index (χ1n) is 17.1. The van der Waals surface area contributed by atoms with E-state index in [9.17, 15) is 13.6 Å². The van der Waals surface area contributed by atoms with Gasteiger partial charge in [0.25, 0.3) is 5.92 Å². The molecule has 2 fully saturated rings. The second kappa shape index (κ2) is 21.8. The number of amides is 1. The Morgan fingerprint density at radius 2 is 1.79 bits per heavy atom. The maximum atomic E-state index is 14.6. The molecule has 1 saturated carbocycles. The predicted molar refractivity (Wildman–Crippen MR) is 191 cm³/mol. The number of hydrogen-bond acceptors (Lipinski definition) is 7. The molecule has 1 aliphatic heterocycles. The van der Waals surface area contributed by atoms with Crippen molar-refractivity contribution in [3.63, 3.8) is 0 Å². The fourth-order valence-electron chi connectivity index (χ4n) is 5.85. The molecule has 0 aromatic heterocycles. The first-order chi connectivity index (χ1) is 22.7. The average molecular weight is 700 g/mol. The number of aliphatic hydroxyl groups is 1. The molecular weight excluding hydrogens is 644 g/mol. The molecule has 5 rings (SSSR count). The monoisotopic (exact) mass is 699 g/mol. The minimum absolute atomic E-state index is 0.0450. The molecule has 47 heavy (non-hydrogen) atoms. The second-order valence-corrected chi connectivity index (χ2v) is 13.2. The quantitative estimate of drug-likeness (QED) is 0.128. The molecule has 1 aromatic carbocycles. The molecule has 3 aliphatic carbocycles. The summed E-state index contributed by atoms with van der Waals surface area (Å²) in [5.41, 5.74) is 5.52. The lowest BCUT2D eigenvalue weighted by molar-refractivity contribution is -0.140. The molecular formula is C36H56ClF2N3O4S. The number of likely N-dealkylation sites (tertiary alicyclic amines) is 1. The molecule has 5 N–H and O–H groups in total. The smallest absolute Gasteiger partial charge is 0.282 e. The Bertz CT molecular complexity index is 1160. The zero-order chi connectivity index (χ0) is 34.8. The number of rotatable bonds is 10. The fourth-order valence-corrected chi connectivity index (χ4v) is 6.53. The first kappa shape index (κ1) is 41.1. The third kappa shape index (κ3) is 13.4. The van der Waals surface area contributed by atoms with Crippen molar-refractivity contribution >= 4 is 29.5 Å². The highest BCUT2D eigenvalue weighted by atomic mass is 35.5. The Hall–Kier alpha value is -2.11.